The molecular formula is C16H24N2O. The summed E-state index contributed by atoms with van der Waals surface area (Å²) in [7, 11) is 1.89. The highest BCUT2D eigenvalue weighted by Gasteiger charge is 2.29. The SMILES string of the molecule is CC(C)[C@H](N)C(=O)N(C)C1CCCc2ccccc21. The van der Waals surface area contributed by atoms with E-state index in [1.165, 1.54) is 11.1 Å². The molecule has 2 atom stereocenters. The molecule has 104 valence electrons. The molecule has 19 heavy (non-hydrogen) atoms. The van der Waals surface area contributed by atoms with E-state index in [0.29, 0.717) is 0 Å². The number of nitrogens with zero attached hydrogens (tertiary/aromatic N) is 1. The van der Waals surface area contributed by atoms with Gasteiger partial charge in [0.05, 0.1) is 12.1 Å². The fraction of sp³-hybridized carbons (Fsp3) is 0.562. The van der Waals surface area contributed by atoms with Gasteiger partial charge < -0.3 is 10.6 Å². The molecule has 1 aromatic carbocycles. The third kappa shape index (κ3) is 2.81. The Hall–Kier alpha value is -1.35. The Labute approximate surface area is 115 Å². The number of likely N-dealkylation sites (N-methyl/N-ethyl adjacent to an activating group) is 1. The number of carbonyl (C=O) groups is 1. The third-order valence-electron chi connectivity index (χ3n) is 4.16. The summed E-state index contributed by atoms with van der Waals surface area (Å²) in [5.41, 5.74) is 8.66. The van der Waals surface area contributed by atoms with E-state index >= 15 is 0 Å². The summed E-state index contributed by atoms with van der Waals surface area (Å²) >= 11 is 0. The molecule has 1 aliphatic rings. The lowest BCUT2D eigenvalue weighted by Crippen LogP contribution is -2.46. The van der Waals surface area contributed by atoms with Crippen LogP contribution in [0.15, 0.2) is 24.3 Å². The lowest BCUT2D eigenvalue weighted by molar-refractivity contribution is -0.134. The van der Waals surface area contributed by atoms with Crippen molar-refractivity contribution < 1.29 is 4.79 Å². The predicted molar refractivity (Wildman–Crippen MR) is 77.7 cm³/mol. The van der Waals surface area contributed by atoms with Crippen LogP contribution >= 0.6 is 0 Å². The molecule has 1 aliphatic carbocycles. The summed E-state index contributed by atoms with van der Waals surface area (Å²) in [6.07, 6.45) is 3.28. The summed E-state index contributed by atoms with van der Waals surface area (Å²) in [5, 5.41) is 0. The van der Waals surface area contributed by atoms with E-state index in [1.54, 1.807) is 0 Å². The first-order chi connectivity index (χ1) is 9.02. The average Bonchev–Trinajstić information content (AvgIpc) is 2.44. The monoisotopic (exact) mass is 260 g/mol. The van der Waals surface area contributed by atoms with Crippen LogP contribution in [0.25, 0.3) is 0 Å². The summed E-state index contributed by atoms with van der Waals surface area (Å²) in [6.45, 7) is 3.98. The predicted octanol–water partition coefficient (Wildman–Crippen LogP) is 2.51. The highest BCUT2D eigenvalue weighted by atomic mass is 16.2. The molecule has 0 saturated carbocycles. The highest BCUT2D eigenvalue weighted by Crippen LogP contribution is 2.33. The quantitative estimate of drug-likeness (QED) is 0.907. The Morgan fingerprint density at radius 3 is 2.74 bits per heavy atom. The zero-order valence-corrected chi connectivity index (χ0v) is 12.1. The van der Waals surface area contributed by atoms with Gasteiger partial charge >= 0.3 is 0 Å². The number of rotatable bonds is 3. The second-order valence-electron chi connectivity index (χ2n) is 5.83. The minimum Gasteiger partial charge on any atom is -0.337 e. The first-order valence-corrected chi connectivity index (χ1v) is 7.12. The minimum absolute atomic E-state index is 0.0525. The van der Waals surface area contributed by atoms with Crippen molar-refractivity contribution in [2.75, 3.05) is 7.05 Å². The number of carbonyl (C=O) groups excluding carboxylic acids is 1. The van der Waals surface area contributed by atoms with E-state index < -0.39 is 6.04 Å². The van der Waals surface area contributed by atoms with Crippen molar-refractivity contribution in [1.82, 2.24) is 4.90 Å². The number of aryl methyl sites for hydroxylation is 1. The van der Waals surface area contributed by atoms with E-state index in [-0.39, 0.29) is 17.9 Å². The van der Waals surface area contributed by atoms with Crippen LogP contribution in [0.3, 0.4) is 0 Å². The van der Waals surface area contributed by atoms with E-state index in [9.17, 15) is 4.79 Å². The first-order valence-electron chi connectivity index (χ1n) is 7.12. The van der Waals surface area contributed by atoms with Gasteiger partial charge in [-0.15, -0.1) is 0 Å². The molecule has 0 aliphatic heterocycles. The minimum atomic E-state index is -0.404. The van der Waals surface area contributed by atoms with Gasteiger partial charge in [-0.3, -0.25) is 4.79 Å². The molecule has 1 unspecified atom stereocenters. The first kappa shape index (κ1) is 14.1. The van der Waals surface area contributed by atoms with Crippen LogP contribution < -0.4 is 5.73 Å². The molecule has 3 heteroatoms. The van der Waals surface area contributed by atoms with Crippen molar-refractivity contribution >= 4 is 5.91 Å². The molecule has 2 rings (SSSR count). The van der Waals surface area contributed by atoms with Crippen LogP contribution in [-0.4, -0.2) is 23.9 Å². The molecule has 3 nitrogen and oxygen atoms in total. The molecule has 2 N–H and O–H groups in total. The van der Waals surface area contributed by atoms with E-state index in [0.717, 1.165) is 19.3 Å². The van der Waals surface area contributed by atoms with Crippen molar-refractivity contribution in [2.45, 2.75) is 45.2 Å². The van der Waals surface area contributed by atoms with Crippen LogP contribution in [-0.2, 0) is 11.2 Å². The molecule has 0 aromatic heterocycles. The summed E-state index contributed by atoms with van der Waals surface area (Å²) < 4.78 is 0. The zero-order valence-electron chi connectivity index (χ0n) is 12.1. The Balaban J connectivity index is 2.21. The van der Waals surface area contributed by atoms with Crippen molar-refractivity contribution in [3.63, 3.8) is 0 Å². The number of benzene rings is 1. The molecule has 1 amide bonds. The highest BCUT2D eigenvalue weighted by molar-refractivity contribution is 5.82. The molecule has 0 radical (unpaired) electrons. The smallest absolute Gasteiger partial charge is 0.240 e. The van der Waals surface area contributed by atoms with Crippen LogP contribution in [0.5, 0.6) is 0 Å². The largest absolute Gasteiger partial charge is 0.337 e. The Morgan fingerprint density at radius 2 is 2.05 bits per heavy atom. The molecule has 0 spiro atoms. The zero-order chi connectivity index (χ0) is 14.0. The number of fused-ring (bicyclic) bond motifs is 1. The van der Waals surface area contributed by atoms with Crippen molar-refractivity contribution in [3.05, 3.63) is 35.4 Å². The second kappa shape index (κ2) is 5.74. The van der Waals surface area contributed by atoms with E-state index in [4.69, 9.17) is 5.73 Å². The Morgan fingerprint density at radius 1 is 1.37 bits per heavy atom. The topological polar surface area (TPSA) is 46.3 Å². The van der Waals surface area contributed by atoms with E-state index in [2.05, 4.69) is 24.3 Å². The fourth-order valence-corrected chi connectivity index (χ4v) is 2.80. The van der Waals surface area contributed by atoms with Gasteiger partial charge in [-0.1, -0.05) is 38.1 Å². The van der Waals surface area contributed by atoms with Crippen molar-refractivity contribution in [3.8, 4) is 0 Å². The molecule has 1 aromatic rings. The number of amides is 1. The summed E-state index contributed by atoms with van der Waals surface area (Å²) in [5.74, 6) is 0.227. The van der Waals surface area contributed by atoms with Gasteiger partial charge in [-0.05, 0) is 36.3 Å². The van der Waals surface area contributed by atoms with Crippen LogP contribution in [0.1, 0.15) is 43.9 Å². The van der Waals surface area contributed by atoms with Crippen LogP contribution in [0, 0.1) is 5.92 Å². The molecular weight excluding hydrogens is 236 g/mol. The van der Waals surface area contributed by atoms with Gasteiger partial charge in [0.2, 0.25) is 5.91 Å². The normalized spacial score (nSPS) is 19.9. The molecule has 0 fully saturated rings. The average molecular weight is 260 g/mol. The summed E-state index contributed by atoms with van der Waals surface area (Å²) in [4.78, 5) is 14.2. The van der Waals surface area contributed by atoms with Gasteiger partial charge in [-0.2, -0.15) is 0 Å². The van der Waals surface area contributed by atoms with Crippen molar-refractivity contribution in [1.29, 1.82) is 0 Å². The number of nitrogens with two attached hydrogens (primary N) is 1. The van der Waals surface area contributed by atoms with Crippen molar-refractivity contribution in [2.24, 2.45) is 11.7 Å². The van der Waals surface area contributed by atoms with Gasteiger partial charge in [0.25, 0.3) is 0 Å². The Kier molecular flexibility index (Phi) is 4.25. The lowest BCUT2D eigenvalue weighted by Gasteiger charge is -2.35. The summed E-state index contributed by atoms with van der Waals surface area (Å²) in [6, 6.07) is 8.22. The molecule has 0 bridgehead atoms. The van der Waals surface area contributed by atoms with E-state index in [1.807, 2.05) is 25.8 Å². The lowest BCUT2D eigenvalue weighted by atomic mass is 9.86. The molecule has 0 saturated heterocycles. The fourth-order valence-electron chi connectivity index (χ4n) is 2.80. The Bertz CT molecular complexity index is 456. The number of hydrogen-bond donors (Lipinski definition) is 1. The third-order valence-corrected chi connectivity index (χ3v) is 4.16. The number of hydrogen-bond acceptors (Lipinski definition) is 2. The van der Waals surface area contributed by atoms with Crippen LogP contribution in [0.2, 0.25) is 0 Å². The van der Waals surface area contributed by atoms with Gasteiger partial charge in [0.1, 0.15) is 0 Å². The standard InChI is InChI=1S/C16H24N2O/c1-11(2)15(17)16(19)18(3)14-10-6-8-12-7-4-5-9-13(12)14/h4-5,7,9,11,14-15H,6,8,10,17H2,1-3H3/t14?,15-/m0/s1. The molecule has 0 heterocycles. The van der Waals surface area contributed by atoms with Crippen LogP contribution in [0.4, 0.5) is 0 Å². The van der Waals surface area contributed by atoms with Gasteiger partial charge in [0.15, 0.2) is 0 Å². The maximum absolute atomic E-state index is 12.4. The van der Waals surface area contributed by atoms with Gasteiger partial charge in [-0.25, -0.2) is 0 Å². The second-order valence-corrected chi connectivity index (χ2v) is 5.83. The maximum atomic E-state index is 12.4. The van der Waals surface area contributed by atoms with Gasteiger partial charge in [0, 0.05) is 7.05 Å². The maximum Gasteiger partial charge on any atom is 0.240 e.